The van der Waals surface area contributed by atoms with Gasteiger partial charge in [0.05, 0.1) is 29.6 Å². The van der Waals surface area contributed by atoms with Gasteiger partial charge in [0.2, 0.25) is 5.95 Å². The Morgan fingerprint density at radius 3 is 2.82 bits per heavy atom. The molecule has 4 aromatic rings. The van der Waals surface area contributed by atoms with Crippen LogP contribution in [0.15, 0.2) is 60.9 Å². The molecule has 2 aliphatic heterocycles. The zero-order chi connectivity index (χ0) is 26.1. The zero-order valence-electron chi connectivity index (χ0n) is 20.7. The second kappa shape index (κ2) is 10.7. The Labute approximate surface area is 224 Å². The van der Waals surface area contributed by atoms with Crippen LogP contribution in [0.4, 0.5) is 4.39 Å². The summed E-state index contributed by atoms with van der Waals surface area (Å²) in [6.45, 7) is 4.15. The lowest BCUT2D eigenvalue weighted by Crippen LogP contribution is -2.43. The molecule has 0 spiro atoms. The van der Waals surface area contributed by atoms with Crippen molar-refractivity contribution in [1.29, 1.82) is 0 Å². The minimum atomic E-state index is -0.688. The fraction of sp³-hybridized carbons (Fsp3) is 0.321. The first-order chi connectivity index (χ1) is 18.6. The predicted molar refractivity (Wildman–Crippen MR) is 140 cm³/mol. The lowest BCUT2D eigenvalue weighted by atomic mass is 9.96. The summed E-state index contributed by atoms with van der Waals surface area (Å²) in [5.41, 5.74) is 3.74. The number of rotatable bonds is 6. The van der Waals surface area contributed by atoms with Gasteiger partial charge in [-0.15, -0.1) is 0 Å². The van der Waals surface area contributed by atoms with Crippen LogP contribution in [0.2, 0.25) is 5.02 Å². The van der Waals surface area contributed by atoms with Crippen molar-refractivity contribution < 1.29 is 18.7 Å². The number of amides is 1. The smallest absolute Gasteiger partial charge is 0.261 e. The third-order valence-electron chi connectivity index (χ3n) is 7.06. The van der Waals surface area contributed by atoms with Gasteiger partial charge in [-0.1, -0.05) is 29.8 Å². The number of benzene rings is 1. The Bertz CT molecular complexity index is 1470. The molecule has 2 aliphatic rings. The van der Waals surface area contributed by atoms with Crippen LogP contribution in [0.1, 0.15) is 28.6 Å². The summed E-state index contributed by atoms with van der Waals surface area (Å²) in [6.07, 6.45) is 3.83. The van der Waals surface area contributed by atoms with E-state index >= 15 is 0 Å². The fourth-order valence-electron chi connectivity index (χ4n) is 5.23. The van der Waals surface area contributed by atoms with Crippen molar-refractivity contribution in [3.05, 3.63) is 94.4 Å². The molecule has 5 heterocycles. The summed E-state index contributed by atoms with van der Waals surface area (Å²) in [4.78, 5) is 26.1. The van der Waals surface area contributed by atoms with E-state index in [1.807, 2.05) is 40.9 Å². The number of ether oxygens (including phenoxy) is 2. The maximum Gasteiger partial charge on any atom is 0.261 e. The average Bonchev–Trinajstić information content (AvgIpc) is 3.32. The summed E-state index contributed by atoms with van der Waals surface area (Å²) in [7, 11) is 0. The maximum atomic E-state index is 15.0. The molecule has 1 atom stereocenters. The molecule has 0 radical (unpaired) electrons. The van der Waals surface area contributed by atoms with E-state index in [1.54, 1.807) is 23.1 Å². The average molecular weight is 536 g/mol. The molecule has 1 amide bonds. The Balaban J connectivity index is 1.23. The van der Waals surface area contributed by atoms with Gasteiger partial charge in [0.25, 0.3) is 5.91 Å². The van der Waals surface area contributed by atoms with Crippen LogP contribution in [-0.4, -0.2) is 69.5 Å². The third-order valence-corrected chi connectivity index (χ3v) is 7.36. The van der Waals surface area contributed by atoms with E-state index in [0.29, 0.717) is 29.3 Å². The first-order valence-corrected chi connectivity index (χ1v) is 13.0. The molecule has 8 nitrogen and oxygen atoms in total. The highest BCUT2D eigenvalue weighted by Gasteiger charge is 2.37. The topological polar surface area (TPSA) is 72.2 Å². The Hall–Kier alpha value is -3.53. The van der Waals surface area contributed by atoms with E-state index in [0.717, 1.165) is 55.4 Å². The molecular weight excluding hydrogens is 509 g/mol. The van der Waals surface area contributed by atoms with E-state index in [4.69, 9.17) is 26.1 Å². The van der Waals surface area contributed by atoms with Crippen molar-refractivity contribution in [2.24, 2.45) is 0 Å². The van der Waals surface area contributed by atoms with Crippen LogP contribution in [0.25, 0.3) is 5.65 Å². The molecule has 0 N–H and O–H groups in total. The standard InChI is InChI=1S/C28H27ClFN5O3/c29-21-16-19(17-33-12-14-37-15-13-33)6-7-23(21)38-18-25(36)35-11-8-22-27(34-10-2-1-5-24(34)32-22)26(35)20-4-3-9-31-28(20)30/h1-7,9-10,16,26H,8,11-15,17-18H2. The van der Waals surface area contributed by atoms with Crippen LogP contribution < -0.4 is 4.74 Å². The van der Waals surface area contributed by atoms with Crippen molar-refractivity contribution in [1.82, 2.24) is 24.2 Å². The lowest BCUT2D eigenvalue weighted by Gasteiger charge is -2.35. The summed E-state index contributed by atoms with van der Waals surface area (Å²) in [5.74, 6) is -0.459. The van der Waals surface area contributed by atoms with E-state index in [9.17, 15) is 9.18 Å². The Morgan fingerprint density at radius 1 is 1.13 bits per heavy atom. The molecule has 38 heavy (non-hydrogen) atoms. The minimum absolute atomic E-state index is 0.229. The molecule has 0 aliphatic carbocycles. The van der Waals surface area contributed by atoms with Crippen molar-refractivity contribution in [2.75, 3.05) is 39.5 Å². The molecule has 1 aromatic carbocycles. The number of carbonyl (C=O) groups excluding carboxylic acids is 1. The molecule has 10 heteroatoms. The number of imidazole rings is 1. The van der Waals surface area contributed by atoms with Gasteiger partial charge >= 0.3 is 0 Å². The predicted octanol–water partition coefficient (Wildman–Crippen LogP) is 3.91. The van der Waals surface area contributed by atoms with E-state index in [2.05, 4.69) is 9.88 Å². The molecule has 6 rings (SSSR count). The molecule has 196 valence electrons. The minimum Gasteiger partial charge on any atom is -0.482 e. The SMILES string of the molecule is O=C(COc1ccc(CN2CCOCC2)cc1Cl)N1CCc2nc3ccccn3c2C1c1cccnc1F. The summed E-state index contributed by atoms with van der Waals surface area (Å²) < 4.78 is 28.2. The van der Waals surface area contributed by atoms with Crippen molar-refractivity contribution >= 4 is 23.2 Å². The second-order valence-corrected chi connectivity index (χ2v) is 9.84. The van der Waals surface area contributed by atoms with Gasteiger partial charge in [-0.3, -0.25) is 9.69 Å². The van der Waals surface area contributed by atoms with Gasteiger partial charge in [0.1, 0.15) is 17.4 Å². The molecular formula is C28H27ClFN5O3. The molecule has 1 fully saturated rings. The van der Waals surface area contributed by atoms with Crippen molar-refractivity contribution in [3.8, 4) is 5.75 Å². The highest BCUT2D eigenvalue weighted by Crippen LogP contribution is 2.36. The zero-order valence-corrected chi connectivity index (χ0v) is 21.5. The highest BCUT2D eigenvalue weighted by atomic mass is 35.5. The van der Waals surface area contributed by atoms with Crippen LogP contribution in [0.5, 0.6) is 5.75 Å². The first kappa shape index (κ1) is 24.8. The van der Waals surface area contributed by atoms with E-state index < -0.39 is 12.0 Å². The molecule has 0 saturated carbocycles. The number of fused-ring (bicyclic) bond motifs is 3. The highest BCUT2D eigenvalue weighted by molar-refractivity contribution is 6.32. The second-order valence-electron chi connectivity index (χ2n) is 9.44. The summed E-state index contributed by atoms with van der Waals surface area (Å²) >= 11 is 6.52. The van der Waals surface area contributed by atoms with Gasteiger partial charge in [0.15, 0.2) is 6.61 Å². The molecule has 0 bridgehead atoms. The number of carbonyl (C=O) groups is 1. The fourth-order valence-corrected chi connectivity index (χ4v) is 5.48. The largest absolute Gasteiger partial charge is 0.482 e. The van der Waals surface area contributed by atoms with Crippen LogP contribution in [0, 0.1) is 5.95 Å². The Morgan fingerprint density at radius 2 is 2.00 bits per heavy atom. The van der Waals surface area contributed by atoms with Gasteiger partial charge in [-0.05, 0) is 35.9 Å². The normalized spacial score (nSPS) is 17.9. The maximum absolute atomic E-state index is 15.0. The van der Waals surface area contributed by atoms with Gasteiger partial charge in [-0.25, -0.2) is 9.97 Å². The lowest BCUT2D eigenvalue weighted by molar-refractivity contribution is -0.135. The van der Waals surface area contributed by atoms with Crippen LogP contribution >= 0.6 is 11.6 Å². The van der Waals surface area contributed by atoms with Crippen LogP contribution in [-0.2, 0) is 22.5 Å². The molecule has 3 aromatic heterocycles. The molecule has 1 unspecified atom stereocenters. The number of nitrogens with zero attached hydrogens (tertiary/aromatic N) is 5. The van der Waals surface area contributed by atoms with Gasteiger partial charge in [0, 0.05) is 50.6 Å². The van der Waals surface area contributed by atoms with Gasteiger partial charge in [-0.2, -0.15) is 4.39 Å². The summed E-state index contributed by atoms with van der Waals surface area (Å²) in [6, 6.07) is 14.0. The number of hydrogen-bond donors (Lipinski definition) is 0. The van der Waals surface area contributed by atoms with Gasteiger partial charge < -0.3 is 18.8 Å². The number of aromatic nitrogens is 3. The first-order valence-electron chi connectivity index (χ1n) is 12.7. The van der Waals surface area contributed by atoms with E-state index in [1.165, 1.54) is 6.20 Å². The molecule has 1 saturated heterocycles. The van der Waals surface area contributed by atoms with E-state index in [-0.39, 0.29) is 12.5 Å². The quantitative estimate of drug-likeness (QED) is 0.349. The number of halogens is 2. The van der Waals surface area contributed by atoms with Crippen molar-refractivity contribution in [2.45, 2.75) is 19.0 Å². The Kier molecular flexibility index (Phi) is 6.97. The van der Waals surface area contributed by atoms with Crippen molar-refractivity contribution in [3.63, 3.8) is 0 Å². The number of pyridine rings is 2. The van der Waals surface area contributed by atoms with Crippen LogP contribution in [0.3, 0.4) is 0 Å². The third kappa shape index (κ3) is 4.84. The summed E-state index contributed by atoms with van der Waals surface area (Å²) in [5, 5.41) is 0.445. The number of morpholine rings is 1. The number of hydrogen-bond acceptors (Lipinski definition) is 6. The monoisotopic (exact) mass is 535 g/mol.